The highest BCUT2D eigenvalue weighted by atomic mass is 79.9. The second-order valence-electron chi connectivity index (χ2n) is 7.33. The van der Waals surface area contributed by atoms with Crippen LogP contribution >= 0.6 is 17.0 Å². The zero-order chi connectivity index (χ0) is 19.9. The van der Waals surface area contributed by atoms with E-state index in [1.165, 1.54) is 0 Å². The number of benzene rings is 2. The molecule has 1 aliphatic rings. The number of carbonyl (C=O) groups is 2. The highest BCUT2D eigenvalue weighted by molar-refractivity contribution is 8.93. The van der Waals surface area contributed by atoms with Gasteiger partial charge in [0.15, 0.2) is 0 Å². The minimum Gasteiger partial charge on any atom is -0.351 e. The molecule has 2 amide bonds. The van der Waals surface area contributed by atoms with Gasteiger partial charge in [0.2, 0.25) is 11.8 Å². The Morgan fingerprint density at radius 3 is 2.31 bits per heavy atom. The SMILES string of the molecule is Br.CCC(=O)N(c1ccccc1)[C@@H]1CCN(C)[C@H](C(=O)NCc2ccccc2)C1. The van der Waals surface area contributed by atoms with E-state index >= 15 is 0 Å². The van der Waals surface area contributed by atoms with Crippen molar-refractivity contribution in [1.29, 1.82) is 0 Å². The summed E-state index contributed by atoms with van der Waals surface area (Å²) in [6.45, 7) is 3.19. The molecule has 0 radical (unpaired) electrons. The van der Waals surface area contributed by atoms with Crippen LogP contribution in [0.2, 0.25) is 0 Å². The van der Waals surface area contributed by atoms with Crippen LogP contribution in [0.4, 0.5) is 5.69 Å². The van der Waals surface area contributed by atoms with Crippen molar-refractivity contribution in [3.05, 3.63) is 66.2 Å². The van der Waals surface area contributed by atoms with Crippen LogP contribution in [0.5, 0.6) is 0 Å². The Morgan fingerprint density at radius 2 is 1.69 bits per heavy atom. The molecule has 1 aliphatic heterocycles. The van der Waals surface area contributed by atoms with Crippen molar-refractivity contribution in [2.75, 3.05) is 18.5 Å². The lowest BCUT2D eigenvalue weighted by atomic mass is 9.94. The zero-order valence-electron chi connectivity index (χ0n) is 17.1. The number of para-hydroxylation sites is 1. The predicted octanol–water partition coefficient (Wildman–Crippen LogP) is 3.79. The summed E-state index contributed by atoms with van der Waals surface area (Å²) in [7, 11) is 1.98. The fourth-order valence-corrected chi connectivity index (χ4v) is 3.83. The van der Waals surface area contributed by atoms with Crippen LogP contribution in [0.15, 0.2) is 60.7 Å². The fraction of sp³-hybridized carbons (Fsp3) is 0.391. The number of anilines is 1. The molecule has 156 valence electrons. The average Bonchev–Trinajstić information content (AvgIpc) is 2.74. The first-order valence-electron chi connectivity index (χ1n) is 9.99. The van der Waals surface area contributed by atoms with Crippen molar-refractivity contribution in [2.24, 2.45) is 0 Å². The van der Waals surface area contributed by atoms with Gasteiger partial charge in [-0.25, -0.2) is 0 Å². The van der Waals surface area contributed by atoms with Crippen molar-refractivity contribution >= 4 is 34.5 Å². The average molecular weight is 460 g/mol. The number of hydrogen-bond donors (Lipinski definition) is 1. The second-order valence-corrected chi connectivity index (χ2v) is 7.33. The van der Waals surface area contributed by atoms with Crippen LogP contribution < -0.4 is 10.2 Å². The maximum atomic E-state index is 12.9. The van der Waals surface area contributed by atoms with Crippen LogP contribution in [0, 0.1) is 0 Å². The molecular formula is C23H30BrN3O2. The molecule has 5 nitrogen and oxygen atoms in total. The van der Waals surface area contributed by atoms with Gasteiger partial charge in [0.1, 0.15) is 0 Å². The smallest absolute Gasteiger partial charge is 0.237 e. The molecule has 1 fully saturated rings. The second kappa shape index (κ2) is 11.1. The number of carbonyl (C=O) groups excluding carboxylic acids is 2. The Kier molecular flexibility index (Phi) is 8.86. The molecule has 0 saturated carbocycles. The number of likely N-dealkylation sites (tertiary alicyclic amines) is 1. The fourth-order valence-electron chi connectivity index (χ4n) is 3.83. The minimum atomic E-state index is -0.238. The molecule has 0 aliphatic carbocycles. The van der Waals surface area contributed by atoms with Gasteiger partial charge in [-0.1, -0.05) is 55.5 Å². The number of rotatable bonds is 6. The first kappa shape index (κ1) is 23.1. The Balaban J connectivity index is 0.00000300. The molecule has 2 aromatic rings. The number of hydrogen-bond acceptors (Lipinski definition) is 3. The molecule has 1 N–H and O–H groups in total. The minimum absolute atomic E-state index is 0. The number of nitrogens with zero attached hydrogens (tertiary/aromatic N) is 2. The molecule has 6 heteroatoms. The van der Waals surface area contributed by atoms with E-state index in [1.54, 1.807) is 0 Å². The molecule has 2 atom stereocenters. The monoisotopic (exact) mass is 459 g/mol. The first-order valence-corrected chi connectivity index (χ1v) is 9.99. The molecule has 1 saturated heterocycles. The van der Waals surface area contributed by atoms with E-state index < -0.39 is 0 Å². The van der Waals surface area contributed by atoms with Crippen LogP contribution in [-0.4, -0.2) is 42.4 Å². The Bertz CT molecular complexity index is 785. The number of nitrogens with one attached hydrogen (secondary N) is 1. The van der Waals surface area contributed by atoms with E-state index in [4.69, 9.17) is 0 Å². The molecular weight excluding hydrogens is 430 g/mol. The van der Waals surface area contributed by atoms with Crippen molar-refractivity contribution in [3.8, 4) is 0 Å². The van der Waals surface area contributed by atoms with Gasteiger partial charge in [-0.2, -0.15) is 0 Å². The first-order chi connectivity index (χ1) is 13.6. The van der Waals surface area contributed by atoms with Crippen molar-refractivity contribution < 1.29 is 9.59 Å². The van der Waals surface area contributed by atoms with Crippen LogP contribution in [0.1, 0.15) is 31.7 Å². The maximum absolute atomic E-state index is 12.9. The summed E-state index contributed by atoms with van der Waals surface area (Å²) >= 11 is 0. The lowest BCUT2D eigenvalue weighted by Gasteiger charge is -2.41. The quantitative estimate of drug-likeness (QED) is 0.714. The van der Waals surface area contributed by atoms with E-state index in [-0.39, 0.29) is 40.9 Å². The number of amides is 2. The van der Waals surface area contributed by atoms with Gasteiger partial charge in [-0.05, 0) is 37.6 Å². The molecule has 1 heterocycles. The van der Waals surface area contributed by atoms with E-state index in [2.05, 4.69) is 10.2 Å². The number of halogens is 1. The summed E-state index contributed by atoms with van der Waals surface area (Å²) in [6, 6.07) is 19.5. The molecule has 0 aromatic heterocycles. The van der Waals surface area contributed by atoms with Crippen LogP contribution in [0.25, 0.3) is 0 Å². The third-order valence-corrected chi connectivity index (χ3v) is 5.43. The summed E-state index contributed by atoms with van der Waals surface area (Å²) in [6.07, 6.45) is 1.95. The summed E-state index contributed by atoms with van der Waals surface area (Å²) in [5.41, 5.74) is 1.99. The normalized spacial score (nSPS) is 19.1. The van der Waals surface area contributed by atoms with E-state index in [9.17, 15) is 9.59 Å². The summed E-state index contributed by atoms with van der Waals surface area (Å²) in [5, 5.41) is 3.06. The molecule has 3 rings (SSSR count). The van der Waals surface area contributed by atoms with Crippen LogP contribution in [0.3, 0.4) is 0 Å². The Morgan fingerprint density at radius 1 is 1.07 bits per heavy atom. The predicted molar refractivity (Wildman–Crippen MR) is 122 cm³/mol. The van der Waals surface area contributed by atoms with Gasteiger partial charge in [0.25, 0.3) is 0 Å². The molecule has 2 aromatic carbocycles. The summed E-state index contributed by atoms with van der Waals surface area (Å²) in [4.78, 5) is 29.5. The number of piperidine rings is 1. The Labute approximate surface area is 183 Å². The van der Waals surface area contributed by atoms with Gasteiger partial charge in [0, 0.05) is 31.2 Å². The van der Waals surface area contributed by atoms with Gasteiger partial charge < -0.3 is 10.2 Å². The number of likely N-dealkylation sites (N-methyl/N-ethyl adjacent to an activating group) is 1. The van der Waals surface area contributed by atoms with Crippen molar-refractivity contribution in [3.63, 3.8) is 0 Å². The maximum Gasteiger partial charge on any atom is 0.237 e. The lowest BCUT2D eigenvalue weighted by Crippen LogP contribution is -2.55. The third-order valence-electron chi connectivity index (χ3n) is 5.43. The Hall–Kier alpha value is -2.18. The summed E-state index contributed by atoms with van der Waals surface area (Å²) in [5.74, 6) is 0.122. The van der Waals surface area contributed by atoms with E-state index in [0.717, 1.165) is 24.2 Å². The van der Waals surface area contributed by atoms with Crippen molar-refractivity contribution in [2.45, 2.75) is 44.8 Å². The molecule has 0 bridgehead atoms. The lowest BCUT2D eigenvalue weighted by molar-refractivity contribution is -0.128. The third kappa shape index (κ3) is 5.90. The van der Waals surface area contributed by atoms with E-state index in [0.29, 0.717) is 19.4 Å². The van der Waals surface area contributed by atoms with Gasteiger partial charge in [0.05, 0.1) is 6.04 Å². The molecule has 0 spiro atoms. The van der Waals surface area contributed by atoms with Crippen LogP contribution in [-0.2, 0) is 16.1 Å². The molecule has 29 heavy (non-hydrogen) atoms. The van der Waals surface area contributed by atoms with Gasteiger partial charge in [-0.15, -0.1) is 17.0 Å². The zero-order valence-corrected chi connectivity index (χ0v) is 18.8. The largest absolute Gasteiger partial charge is 0.351 e. The highest BCUT2D eigenvalue weighted by Gasteiger charge is 2.35. The standard InChI is InChI=1S/C23H29N3O2.BrH/c1-3-22(27)26(19-12-8-5-9-13-19)20-14-15-25(2)21(16-20)23(28)24-17-18-10-6-4-7-11-18;/h4-13,20-21H,3,14-17H2,1-2H3,(H,24,28);1H/t20-,21+;/m1./s1. The topological polar surface area (TPSA) is 52.7 Å². The highest BCUT2D eigenvalue weighted by Crippen LogP contribution is 2.27. The van der Waals surface area contributed by atoms with Crippen molar-refractivity contribution in [1.82, 2.24) is 10.2 Å². The van der Waals surface area contributed by atoms with Gasteiger partial charge in [-0.3, -0.25) is 14.5 Å². The van der Waals surface area contributed by atoms with E-state index in [1.807, 2.05) is 79.5 Å². The summed E-state index contributed by atoms with van der Waals surface area (Å²) < 4.78 is 0. The molecule has 0 unspecified atom stereocenters. The van der Waals surface area contributed by atoms with Gasteiger partial charge >= 0.3 is 0 Å².